The Hall–Kier alpha value is -2.13. The van der Waals surface area contributed by atoms with Crippen molar-refractivity contribution in [1.82, 2.24) is 5.43 Å². The molecule has 1 amide bonds. The minimum absolute atomic E-state index is 0.0194. The Kier molecular flexibility index (Phi) is 4.02. The van der Waals surface area contributed by atoms with Crippen LogP contribution in [0.5, 0.6) is 0 Å². The molecule has 0 saturated heterocycles. The highest BCUT2D eigenvalue weighted by Crippen LogP contribution is 2.47. The second-order valence-corrected chi connectivity index (χ2v) is 5.58. The lowest BCUT2D eigenvalue weighted by molar-refractivity contribution is -0.122. The molecule has 1 aliphatic carbocycles. The van der Waals surface area contributed by atoms with Crippen LogP contribution in [0, 0.1) is 5.92 Å². The van der Waals surface area contributed by atoms with Gasteiger partial charge in [0.15, 0.2) is 0 Å². The van der Waals surface area contributed by atoms with E-state index in [1.165, 1.54) is 5.56 Å². The topological polar surface area (TPSA) is 41.5 Å². The number of amides is 1. The number of benzene rings is 2. The molecule has 1 aliphatic rings. The van der Waals surface area contributed by atoms with Crippen molar-refractivity contribution in [1.29, 1.82) is 0 Å². The fourth-order valence-corrected chi connectivity index (χ4v) is 2.48. The molecular formula is C17H15ClN2O. The number of carbonyl (C=O) groups excluding carboxylic acids is 1. The Morgan fingerprint density at radius 2 is 1.86 bits per heavy atom. The number of nitrogens with one attached hydrogen (secondary N) is 1. The zero-order valence-electron chi connectivity index (χ0n) is 11.4. The normalized spacial score (nSPS) is 20.4. The molecule has 0 radical (unpaired) electrons. The molecule has 2 aromatic carbocycles. The van der Waals surface area contributed by atoms with Crippen LogP contribution in [0.4, 0.5) is 0 Å². The van der Waals surface area contributed by atoms with Gasteiger partial charge < -0.3 is 0 Å². The zero-order chi connectivity index (χ0) is 14.7. The van der Waals surface area contributed by atoms with Crippen molar-refractivity contribution >= 4 is 23.7 Å². The van der Waals surface area contributed by atoms with Gasteiger partial charge in [-0.2, -0.15) is 5.10 Å². The lowest BCUT2D eigenvalue weighted by Gasteiger charge is -2.00. The fourth-order valence-electron chi connectivity index (χ4n) is 2.36. The van der Waals surface area contributed by atoms with Crippen LogP contribution < -0.4 is 5.43 Å². The standard InChI is InChI=1S/C17H15ClN2O/c18-14-8-6-12(7-9-14)11-19-20-17(21)16-10-15(16)13-4-2-1-3-5-13/h1-9,11,15-16H,10H2,(H,20,21)/t15-,16-/m0/s1. The average Bonchev–Trinajstić information content (AvgIpc) is 3.31. The molecule has 1 saturated carbocycles. The SMILES string of the molecule is O=C(NN=Cc1ccc(Cl)cc1)[C@H]1C[C@H]1c1ccccc1. The highest BCUT2D eigenvalue weighted by atomic mass is 35.5. The van der Waals surface area contributed by atoms with Gasteiger partial charge >= 0.3 is 0 Å². The van der Waals surface area contributed by atoms with Crippen molar-refractivity contribution in [3.63, 3.8) is 0 Å². The van der Waals surface area contributed by atoms with Crippen molar-refractivity contribution in [2.75, 3.05) is 0 Å². The summed E-state index contributed by atoms with van der Waals surface area (Å²) in [7, 11) is 0. The third-order valence-electron chi connectivity index (χ3n) is 3.61. The van der Waals surface area contributed by atoms with Crippen LogP contribution in [-0.4, -0.2) is 12.1 Å². The average molecular weight is 299 g/mol. The maximum atomic E-state index is 12.0. The quantitative estimate of drug-likeness (QED) is 0.680. The molecule has 2 atom stereocenters. The monoisotopic (exact) mass is 298 g/mol. The van der Waals surface area contributed by atoms with E-state index >= 15 is 0 Å². The summed E-state index contributed by atoms with van der Waals surface area (Å²) < 4.78 is 0. The third kappa shape index (κ3) is 3.50. The highest BCUT2D eigenvalue weighted by molar-refractivity contribution is 6.30. The minimum atomic E-state index is -0.0194. The summed E-state index contributed by atoms with van der Waals surface area (Å²) in [6.07, 6.45) is 2.51. The van der Waals surface area contributed by atoms with Gasteiger partial charge in [0.1, 0.15) is 0 Å². The first-order chi connectivity index (χ1) is 10.2. The largest absolute Gasteiger partial charge is 0.273 e. The summed E-state index contributed by atoms with van der Waals surface area (Å²) in [4.78, 5) is 12.0. The Morgan fingerprint density at radius 1 is 1.14 bits per heavy atom. The van der Waals surface area contributed by atoms with E-state index in [1.54, 1.807) is 18.3 Å². The van der Waals surface area contributed by atoms with Gasteiger partial charge in [-0.3, -0.25) is 4.79 Å². The first-order valence-corrected chi connectivity index (χ1v) is 7.25. The summed E-state index contributed by atoms with van der Waals surface area (Å²) in [6.45, 7) is 0. The van der Waals surface area contributed by atoms with Gasteiger partial charge in [0, 0.05) is 10.9 Å². The molecule has 0 bridgehead atoms. The van der Waals surface area contributed by atoms with Crippen LogP contribution in [0.25, 0.3) is 0 Å². The number of hydrogen-bond acceptors (Lipinski definition) is 2. The van der Waals surface area contributed by atoms with Gasteiger partial charge in [-0.15, -0.1) is 0 Å². The molecule has 106 valence electrons. The van der Waals surface area contributed by atoms with E-state index < -0.39 is 0 Å². The van der Waals surface area contributed by atoms with Crippen LogP contribution in [-0.2, 0) is 4.79 Å². The van der Waals surface area contributed by atoms with Gasteiger partial charge in [-0.05, 0) is 35.6 Å². The molecule has 0 aliphatic heterocycles. The molecule has 1 fully saturated rings. The Balaban J connectivity index is 1.53. The predicted molar refractivity (Wildman–Crippen MR) is 84.5 cm³/mol. The van der Waals surface area contributed by atoms with Crippen LogP contribution in [0.15, 0.2) is 59.7 Å². The predicted octanol–water partition coefficient (Wildman–Crippen LogP) is 3.59. The van der Waals surface area contributed by atoms with Gasteiger partial charge in [-0.1, -0.05) is 54.1 Å². The molecule has 3 rings (SSSR count). The summed E-state index contributed by atoms with van der Waals surface area (Å²) in [5.74, 6) is 0.348. The van der Waals surface area contributed by atoms with E-state index in [0.29, 0.717) is 10.9 Å². The Morgan fingerprint density at radius 3 is 2.57 bits per heavy atom. The van der Waals surface area contributed by atoms with E-state index in [4.69, 9.17) is 11.6 Å². The van der Waals surface area contributed by atoms with Gasteiger partial charge in [0.05, 0.1) is 6.21 Å². The van der Waals surface area contributed by atoms with Crippen LogP contribution in [0.1, 0.15) is 23.5 Å². The first-order valence-electron chi connectivity index (χ1n) is 6.87. The lowest BCUT2D eigenvalue weighted by atomic mass is 10.1. The second-order valence-electron chi connectivity index (χ2n) is 5.15. The van der Waals surface area contributed by atoms with Crippen molar-refractivity contribution in [2.24, 2.45) is 11.0 Å². The number of hydrazone groups is 1. The maximum absolute atomic E-state index is 12.0. The Labute approximate surface area is 128 Å². The molecule has 0 aromatic heterocycles. The van der Waals surface area contributed by atoms with Crippen molar-refractivity contribution in [3.8, 4) is 0 Å². The lowest BCUT2D eigenvalue weighted by Crippen LogP contribution is -2.20. The van der Waals surface area contributed by atoms with Crippen LogP contribution in [0.3, 0.4) is 0 Å². The number of halogens is 1. The van der Waals surface area contributed by atoms with E-state index in [2.05, 4.69) is 22.7 Å². The summed E-state index contributed by atoms with van der Waals surface area (Å²) in [5, 5.41) is 4.67. The summed E-state index contributed by atoms with van der Waals surface area (Å²) >= 11 is 5.81. The first kappa shape index (κ1) is 13.8. The second kappa shape index (κ2) is 6.10. The zero-order valence-corrected chi connectivity index (χ0v) is 12.1. The minimum Gasteiger partial charge on any atom is -0.273 e. The van der Waals surface area contributed by atoms with Crippen LogP contribution in [0.2, 0.25) is 5.02 Å². The fraction of sp³-hybridized carbons (Fsp3) is 0.176. The molecule has 0 heterocycles. The highest BCUT2D eigenvalue weighted by Gasteiger charge is 2.43. The number of rotatable bonds is 4. The van der Waals surface area contributed by atoms with Gasteiger partial charge in [0.25, 0.3) is 0 Å². The van der Waals surface area contributed by atoms with Crippen molar-refractivity contribution < 1.29 is 4.79 Å². The van der Waals surface area contributed by atoms with E-state index in [9.17, 15) is 4.79 Å². The summed E-state index contributed by atoms with van der Waals surface area (Å²) in [5.41, 5.74) is 4.72. The van der Waals surface area contributed by atoms with Gasteiger partial charge in [-0.25, -0.2) is 5.43 Å². The molecule has 2 aromatic rings. The van der Waals surface area contributed by atoms with Gasteiger partial charge in [0.2, 0.25) is 5.91 Å². The number of carbonyl (C=O) groups is 1. The number of nitrogens with zero attached hydrogens (tertiary/aromatic N) is 1. The molecule has 4 heteroatoms. The van der Waals surface area contributed by atoms with Crippen molar-refractivity contribution in [2.45, 2.75) is 12.3 Å². The molecule has 0 unspecified atom stereocenters. The smallest absolute Gasteiger partial charge is 0.243 e. The number of hydrogen-bond donors (Lipinski definition) is 1. The molecule has 1 N–H and O–H groups in total. The molecule has 21 heavy (non-hydrogen) atoms. The van der Waals surface area contributed by atoms with Crippen LogP contribution >= 0.6 is 11.6 Å². The molecule has 0 spiro atoms. The molecular weight excluding hydrogens is 284 g/mol. The maximum Gasteiger partial charge on any atom is 0.243 e. The van der Waals surface area contributed by atoms with Crippen molar-refractivity contribution in [3.05, 3.63) is 70.7 Å². The summed E-state index contributed by atoms with van der Waals surface area (Å²) in [6, 6.07) is 17.4. The molecule has 3 nitrogen and oxygen atoms in total. The Bertz CT molecular complexity index is 652. The van der Waals surface area contributed by atoms with E-state index in [-0.39, 0.29) is 11.8 Å². The van der Waals surface area contributed by atoms with E-state index in [1.807, 2.05) is 30.3 Å². The third-order valence-corrected chi connectivity index (χ3v) is 3.87. The van der Waals surface area contributed by atoms with E-state index in [0.717, 1.165) is 12.0 Å².